The Morgan fingerprint density at radius 3 is 2.47 bits per heavy atom. The van der Waals surface area contributed by atoms with Gasteiger partial charge in [0.2, 0.25) is 5.91 Å². The van der Waals surface area contributed by atoms with Crippen LogP contribution in [0.4, 0.5) is 0 Å². The van der Waals surface area contributed by atoms with Gasteiger partial charge in [0.15, 0.2) is 6.61 Å². The second-order valence-corrected chi connectivity index (χ2v) is 8.31. The van der Waals surface area contributed by atoms with E-state index >= 15 is 0 Å². The van der Waals surface area contributed by atoms with Gasteiger partial charge in [0.1, 0.15) is 5.75 Å². The molecule has 1 amide bonds. The number of primary amides is 1. The summed E-state index contributed by atoms with van der Waals surface area (Å²) in [6, 6.07) is 23.9. The van der Waals surface area contributed by atoms with Crippen molar-refractivity contribution in [3.05, 3.63) is 89.5 Å². The number of benzene rings is 4. The number of aryl methyl sites for hydroxylation is 1. The molecule has 1 aromatic heterocycles. The Morgan fingerprint density at radius 2 is 1.71 bits per heavy atom. The SMILES string of the molecule is CCc1cc(OCC(=O)O)c2c3c(C(N)=O)cccc3n(Cc3cccc4ccccc34)c2c1. The summed E-state index contributed by atoms with van der Waals surface area (Å²) in [5.74, 6) is -1.17. The Kier molecular flexibility index (Phi) is 5.42. The smallest absolute Gasteiger partial charge is 0.341 e. The highest BCUT2D eigenvalue weighted by Gasteiger charge is 2.21. The monoisotopic (exact) mass is 452 g/mol. The normalized spacial score (nSPS) is 11.3. The largest absolute Gasteiger partial charge is 0.481 e. The maximum atomic E-state index is 12.4. The zero-order chi connectivity index (χ0) is 23.8. The summed E-state index contributed by atoms with van der Waals surface area (Å²) in [7, 11) is 0. The number of rotatable bonds is 7. The van der Waals surface area contributed by atoms with Crippen molar-refractivity contribution < 1.29 is 19.4 Å². The molecule has 6 nitrogen and oxygen atoms in total. The van der Waals surface area contributed by atoms with E-state index in [9.17, 15) is 14.7 Å². The Hall–Kier alpha value is -4.32. The van der Waals surface area contributed by atoms with Gasteiger partial charge < -0.3 is 20.1 Å². The first-order chi connectivity index (χ1) is 16.5. The van der Waals surface area contributed by atoms with Crippen molar-refractivity contribution >= 4 is 44.5 Å². The van der Waals surface area contributed by atoms with Gasteiger partial charge in [-0.2, -0.15) is 0 Å². The van der Waals surface area contributed by atoms with Crippen molar-refractivity contribution in [3.63, 3.8) is 0 Å². The molecule has 3 N–H and O–H groups in total. The Balaban J connectivity index is 1.85. The lowest BCUT2D eigenvalue weighted by Crippen LogP contribution is -2.12. The number of carbonyl (C=O) groups is 2. The summed E-state index contributed by atoms with van der Waals surface area (Å²) in [6.45, 7) is 2.13. The molecule has 0 unspecified atom stereocenters. The molecule has 1 heterocycles. The summed E-state index contributed by atoms with van der Waals surface area (Å²) in [4.78, 5) is 23.6. The molecule has 0 saturated carbocycles. The van der Waals surface area contributed by atoms with Crippen molar-refractivity contribution in [1.29, 1.82) is 0 Å². The summed E-state index contributed by atoms with van der Waals surface area (Å²) in [5, 5.41) is 12.9. The Morgan fingerprint density at radius 1 is 0.941 bits per heavy atom. The average Bonchev–Trinajstić information content (AvgIpc) is 3.16. The lowest BCUT2D eigenvalue weighted by atomic mass is 10.0. The number of carbonyl (C=O) groups excluding carboxylic acids is 1. The van der Waals surface area contributed by atoms with E-state index in [2.05, 4.69) is 34.9 Å². The van der Waals surface area contributed by atoms with E-state index in [1.807, 2.05) is 43.3 Å². The molecular weight excluding hydrogens is 428 g/mol. The fourth-order valence-corrected chi connectivity index (χ4v) is 4.71. The van der Waals surface area contributed by atoms with Gasteiger partial charge in [-0.05, 0) is 52.6 Å². The van der Waals surface area contributed by atoms with Crippen molar-refractivity contribution in [2.75, 3.05) is 6.61 Å². The standard InChI is InChI=1S/C28H24N2O4/c1-2-17-13-23-27(24(14-17)34-16-25(31)32)26-21(28(29)33)11-6-12-22(26)30(23)15-19-9-5-8-18-7-3-4-10-20(18)19/h3-14H,2,15-16H2,1H3,(H2,29,33)(H,31,32). The molecule has 0 spiro atoms. The lowest BCUT2D eigenvalue weighted by Gasteiger charge is -2.12. The van der Waals surface area contributed by atoms with Crippen molar-refractivity contribution in [3.8, 4) is 5.75 Å². The first-order valence-electron chi connectivity index (χ1n) is 11.2. The summed E-state index contributed by atoms with van der Waals surface area (Å²) in [5.41, 5.74) is 9.99. The number of hydrogen-bond donors (Lipinski definition) is 2. The summed E-state index contributed by atoms with van der Waals surface area (Å²) in [6.07, 6.45) is 0.748. The minimum atomic E-state index is -1.07. The molecule has 0 bridgehead atoms. The molecule has 0 atom stereocenters. The van der Waals surface area contributed by atoms with Gasteiger partial charge in [-0.1, -0.05) is 55.5 Å². The van der Waals surface area contributed by atoms with Gasteiger partial charge in [0.05, 0.1) is 16.4 Å². The summed E-state index contributed by atoms with van der Waals surface area (Å²) < 4.78 is 7.89. The maximum Gasteiger partial charge on any atom is 0.341 e. The second kappa shape index (κ2) is 8.56. The van der Waals surface area contributed by atoms with Gasteiger partial charge in [-0.15, -0.1) is 0 Å². The molecule has 34 heavy (non-hydrogen) atoms. The first-order valence-corrected chi connectivity index (χ1v) is 11.2. The number of aromatic nitrogens is 1. The van der Waals surface area contributed by atoms with Crippen LogP contribution in [0.1, 0.15) is 28.4 Å². The number of carboxylic acids is 1. The molecule has 0 aliphatic rings. The Labute approximate surface area is 196 Å². The first kappa shape index (κ1) is 21.5. The number of ether oxygens (including phenoxy) is 1. The molecule has 6 heteroatoms. The highest BCUT2D eigenvalue weighted by molar-refractivity contribution is 6.20. The predicted molar refractivity (Wildman–Crippen MR) is 134 cm³/mol. The topological polar surface area (TPSA) is 94.6 Å². The number of carboxylic acid groups (broad SMARTS) is 1. The number of fused-ring (bicyclic) bond motifs is 4. The molecule has 5 aromatic rings. The van der Waals surface area contributed by atoms with Crippen LogP contribution < -0.4 is 10.5 Å². The number of amides is 1. The molecular formula is C28H24N2O4. The van der Waals surface area contributed by atoms with Crippen LogP contribution in [0.3, 0.4) is 0 Å². The van der Waals surface area contributed by atoms with Crippen LogP contribution in [0.2, 0.25) is 0 Å². The fraction of sp³-hybridized carbons (Fsp3) is 0.143. The van der Waals surface area contributed by atoms with Crippen LogP contribution in [0.15, 0.2) is 72.8 Å². The van der Waals surface area contributed by atoms with Crippen molar-refractivity contribution in [1.82, 2.24) is 4.57 Å². The van der Waals surface area contributed by atoms with E-state index < -0.39 is 18.5 Å². The van der Waals surface area contributed by atoms with Crippen LogP contribution in [-0.4, -0.2) is 28.2 Å². The third-order valence-electron chi connectivity index (χ3n) is 6.25. The maximum absolute atomic E-state index is 12.4. The van der Waals surface area contributed by atoms with Crippen LogP contribution in [0, 0.1) is 0 Å². The number of nitrogens with two attached hydrogens (primary N) is 1. The molecule has 0 aliphatic heterocycles. The summed E-state index contributed by atoms with van der Waals surface area (Å²) >= 11 is 0. The number of hydrogen-bond acceptors (Lipinski definition) is 3. The van der Waals surface area contributed by atoms with E-state index in [0.717, 1.165) is 39.4 Å². The van der Waals surface area contributed by atoms with Crippen LogP contribution in [0.5, 0.6) is 5.75 Å². The number of nitrogens with zero attached hydrogens (tertiary/aromatic N) is 1. The van der Waals surface area contributed by atoms with Gasteiger partial charge in [0, 0.05) is 17.5 Å². The highest BCUT2D eigenvalue weighted by atomic mass is 16.5. The van der Waals surface area contributed by atoms with E-state index in [1.165, 1.54) is 0 Å². The van der Waals surface area contributed by atoms with Gasteiger partial charge in [-0.3, -0.25) is 4.79 Å². The molecule has 0 radical (unpaired) electrons. The average molecular weight is 453 g/mol. The third-order valence-corrected chi connectivity index (χ3v) is 6.25. The van der Waals surface area contributed by atoms with Crippen LogP contribution in [-0.2, 0) is 17.8 Å². The molecule has 0 aliphatic carbocycles. The van der Waals surface area contributed by atoms with Crippen LogP contribution in [0.25, 0.3) is 32.6 Å². The van der Waals surface area contributed by atoms with Gasteiger partial charge >= 0.3 is 5.97 Å². The third kappa shape index (κ3) is 3.63. The zero-order valence-corrected chi connectivity index (χ0v) is 18.7. The molecule has 4 aromatic carbocycles. The van der Waals surface area contributed by atoms with E-state index in [1.54, 1.807) is 6.07 Å². The quantitative estimate of drug-likeness (QED) is 0.358. The molecule has 0 fully saturated rings. The molecule has 0 saturated heterocycles. The minimum absolute atomic E-state index is 0.378. The predicted octanol–water partition coefficient (Wildman–Crippen LogP) is 5.12. The van der Waals surface area contributed by atoms with E-state index in [4.69, 9.17) is 10.5 Å². The van der Waals surface area contributed by atoms with E-state index in [-0.39, 0.29) is 0 Å². The Bertz CT molecular complexity index is 1580. The van der Waals surface area contributed by atoms with Crippen molar-refractivity contribution in [2.24, 2.45) is 5.73 Å². The fourth-order valence-electron chi connectivity index (χ4n) is 4.71. The van der Waals surface area contributed by atoms with E-state index in [0.29, 0.717) is 28.6 Å². The van der Waals surface area contributed by atoms with Gasteiger partial charge in [0.25, 0.3) is 0 Å². The second-order valence-electron chi connectivity index (χ2n) is 8.31. The lowest BCUT2D eigenvalue weighted by molar-refractivity contribution is -0.139. The minimum Gasteiger partial charge on any atom is -0.481 e. The van der Waals surface area contributed by atoms with Gasteiger partial charge in [-0.25, -0.2) is 4.79 Å². The number of aliphatic carboxylic acids is 1. The van der Waals surface area contributed by atoms with Crippen molar-refractivity contribution in [2.45, 2.75) is 19.9 Å². The highest BCUT2D eigenvalue weighted by Crippen LogP contribution is 2.39. The molecule has 170 valence electrons. The zero-order valence-electron chi connectivity index (χ0n) is 18.7. The molecule has 5 rings (SSSR count). The van der Waals surface area contributed by atoms with Crippen LogP contribution >= 0.6 is 0 Å².